The van der Waals surface area contributed by atoms with Gasteiger partial charge in [0.2, 0.25) is 17.7 Å². The Labute approximate surface area is 166 Å². The summed E-state index contributed by atoms with van der Waals surface area (Å²) in [6.07, 6.45) is 4.80. The molecule has 2 aliphatic rings. The van der Waals surface area contributed by atoms with Gasteiger partial charge in [-0.2, -0.15) is 0 Å². The lowest BCUT2D eigenvalue weighted by Gasteiger charge is -2.34. The molecule has 2 saturated heterocycles. The van der Waals surface area contributed by atoms with Crippen LogP contribution in [0.1, 0.15) is 31.6 Å². The van der Waals surface area contributed by atoms with E-state index in [4.69, 9.17) is 4.42 Å². The van der Waals surface area contributed by atoms with Crippen LogP contribution in [0.15, 0.2) is 34.7 Å². The molecule has 0 radical (unpaired) electrons. The Hall–Kier alpha value is -2.25. The van der Waals surface area contributed by atoms with Gasteiger partial charge in [0.05, 0.1) is 13.1 Å². The summed E-state index contributed by atoms with van der Waals surface area (Å²) in [6, 6.07) is 9.84. The van der Waals surface area contributed by atoms with Crippen LogP contribution >= 0.6 is 0 Å². The fraction of sp³-hybridized carbons (Fsp3) is 0.571. The molecule has 0 unspecified atom stereocenters. The molecule has 0 N–H and O–H groups in total. The third kappa shape index (κ3) is 4.97. The summed E-state index contributed by atoms with van der Waals surface area (Å²) in [5, 5.41) is 8.35. The van der Waals surface area contributed by atoms with Gasteiger partial charge in [-0.3, -0.25) is 14.6 Å². The Kier molecular flexibility index (Phi) is 6.34. The van der Waals surface area contributed by atoms with Crippen molar-refractivity contribution in [2.45, 2.75) is 32.2 Å². The lowest BCUT2D eigenvalue weighted by molar-refractivity contribution is -0.132. The average molecular weight is 383 g/mol. The van der Waals surface area contributed by atoms with Crippen molar-refractivity contribution in [2.24, 2.45) is 0 Å². The Bertz CT molecular complexity index is 747. The Balaban J connectivity index is 1.23. The smallest absolute Gasteiger partial charge is 0.247 e. The van der Waals surface area contributed by atoms with Gasteiger partial charge in [0, 0.05) is 44.8 Å². The molecule has 7 nitrogen and oxygen atoms in total. The molecule has 3 heterocycles. The molecular formula is C21H29N5O2. The molecule has 1 aromatic carbocycles. The number of hydrogen-bond donors (Lipinski definition) is 0. The highest BCUT2D eigenvalue weighted by molar-refractivity contribution is 5.78. The molecule has 0 aliphatic carbocycles. The number of carbonyl (C=O) groups excluding carboxylic acids is 1. The van der Waals surface area contributed by atoms with E-state index >= 15 is 0 Å². The Morgan fingerprint density at radius 2 is 1.54 bits per heavy atom. The molecule has 0 atom stereocenters. The zero-order valence-corrected chi connectivity index (χ0v) is 16.4. The van der Waals surface area contributed by atoms with Crippen LogP contribution in [0.3, 0.4) is 0 Å². The van der Waals surface area contributed by atoms with Crippen LogP contribution in [-0.2, 0) is 11.3 Å². The normalized spacial score (nSPS) is 19.5. The van der Waals surface area contributed by atoms with E-state index in [0.717, 1.165) is 57.7 Å². The molecule has 2 fully saturated rings. The number of carbonyl (C=O) groups is 1. The molecule has 0 saturated carbocycles. The van der Waals surface area contributed by atoms with E-state index in [9.17, 15) is 4.79 Å². The predicted octanol–water partition coefficient (Wildman–Crippen LogP) is 2.26. The van der Waals surface area contributed by atoms with Gasteiger partial charge < -0.3 is 9.32 Å². The van der Waals surface area contributed by atoms with Gasteiger partial charge in [-0.05, 0) is 25.0 Å². The van der Waals surface area contributed by atoms with Crippen LogP contribution in [0.5, 0.6) is 0 Å². The van der Waals surface area contributed by atoms with Crippen LogP contribution < -0.4 is 0 Å². The Morgan fingerprint density at radius 3 is 2.25 bits per heavy atom. The summed E-state index contributed by atoms with van der Waals surface area (Å²) in [6.45, 7) is 6.70. The van der Waals surface area contributed by atoms with E-state index in [1.165, 1.54) is 12.8 Å². The molecule has 28 heavy (non-hydrogen) atoms. The summed E-state index contributed by atoms with van der Waals surface area (Å²) in [5.41, 5.74) is 0.943. The summed E-state index contributed by atoms with van der Waals surface area (Å²) in [5.74, 6) is 1.50. The quantitative estimate of drug-likeness (QED) is 0.789. The first-order valence-corrected chi connectivity index (χ1v) is 10.4. The molecule has 4 rings (SSSR count). The highest BCUT2D eigenvalue weighted by Crippen LogP contribution is 2.18. The van der Waals surface area contributed by atoms with Crippen molar-refractivity contribution < 1.29 is 9.21 Å². The summed E-state index contributed by atoms with van der Waals surface area (Å²) in [4.78, 5) is 19.2. The van der Waals surface area contributed by atoms with Crippen molar-refractivity contribution in [2.75, 3.05) is 45.8 Å². The van der Waals surface area contributed by atoms with Gasteiger partial charge >= 0.3 is 0 Å². The average Bonchev–Trinajstić information content (AvgIpc) is 3.02. The van der Waals surface area contributed by atoms with Crippen LogP contribution in [0.4, 0.5) is 0 Å². The topological polar surface area (TPSA) is 65.7 Å². The monoisotopic (exact) mass is 383 g/mol. The molecule has 1 amide bonds. The van der Waals surface area contributed by atoms with Crippen molar-refractivity contribution in [1.82, 2.24) is 24.9 Å². The highest BCUT2D eigenvalue weighted by atomic mass is 16.4. The molecule has 0 spiro atoms. The van der Waals surface area contributed by atoms with Crippen molar-refractivity contribution in [3.05, 3.63) is 36.2 Å². The third-order valence-corrected chi connectivity index (χ3v) is 5.63. The number of piperazine rings is 1. The van der Waals surface area contributed by atoms with Crippen LogP contribution in [0.25, 0.3) is 11.5 Å². The number of likely N-dealkylation sites (tertiary alicyclic amines) is 1. The van der Waals surface area contributed by atoms with Gasteiger partial charge in [-0.1, -0.05) is 31.0 Å². The van der Waals surface area contributed by atoms with Crippen molar-refractivity contribution in [3.8, 4) is 11.5 Å². The van der Waals surface area contributed by atoms with E-state index in [0.29, 0.717) is 30.8 Å². The van der Waals surface area contributed by atoms with E-state index in [2.05, 4.69) is 24.9 Å². The first-order chi connectivity index (χ1) is 13.8. The van der Waals surface area contributed by atoms with Gasteiger partial charge in [0.25, 0.3) is 0 Å². The molecule has 2 aromatic rings. The number of rotatable bonds is 5. The maximum absolute atomic E-state index is 12.6. The van der Waals surface area contributed by atoms with Gasteiger partial charge in [-0.15, -0.1) is 10.2 Å². The van der Waals surface area contributed by atoms with Crippen molar-refractivity contribution >= 4 is 5.91 Å². The zero-order chi connectivity index (χ0) is 19.2. The summed E-state index contributed by atoms with van der Waals surface area (Å²) >= 11 is 0. The number of nitrogens with zero attached hydrogens (tertiary/aromatic N) is 5. The van der Waals surface area contributed by atoms with Crippen LogP contribution in [0, 0.1) is 0 Å². The van der Waals surface area contributed by atoms with Crippen molar-refractivity contribution in [3.63, 3.8) is 0 Å². The maximum atomic E-state index is 12.6. The lowest BCUT2D eigenvalue weighted by Crippen LogP contribution is -2.49. The predicted molar refractivity (Wildman–Crippen MR) is 106 cm³/mol. The fourth-order valence-corrected chi connectivity index (χ4v) is 3.92. The first-order valence-electron chi connectivity index (χ1n) is 10.4. The number of hydrogen-bond acceptors (Lipinski definition) is 6. The molecule has 7 heteroatoms. The first kappa shape index (κ1) is 19.1. The minimum Gasteiger partial charge on any atom is -0.419 e. The highest BCUT2D eigenvalue weighted by Gasteiger charge is 2.23. The van der Waals surface area contributed by atoms with Crippen LogP contribution in [-0.4, -0.2) is 76.6 Å². The van der Waals surface area contributed by atoms with E-state index in [-0.39, 0.29) is 0 Å². The van der Waals surface area contributed by atoms with E-state index in [1.54, 1.807) is 0 Å². The molecular weight excluding hydrogens is 354 g/mol. The minimum absolute atomic E-state index is 0.291. The summed E-state index contributed by atoms with van der Waals surface area (Å²) < 4.78 is 5.82. The SMILES string of the molecule is O=C(CN1CCN(Cc2nnc(-c3ccccc3)o2)CC1)N1CCCCCC1. The largest absolute Gasteiger partial charge is 0.419 e. The zero-order valence-electron chi connectivity index (χ0n) is 16.4. The second kappa shape index (κ2) is 9.30. The molecule has 1 aromatic heterocycles. The van der Waals surface area contributed by atoms with Gasteiger partial charge in [-0.25, -0.2) is 0 Å². The second-order valence-electron chi connectivity index (χ2n) is 7.71. The number of amides is 1. The van der Waals surface area contributed by atoms with Crippen LogP contribution in [0.2, 0.25) is 0 Å². The molecule has 150 valence electrons. The van der Waals surface area contributed by atoms with E-state index < -0.39 is 0 Å². The lowest BCUT2D eigenvalue weighted by atomic mass is 10.2. The Morgan fingerprint density at radius 1 is 0.857 bits per heavy atom. The fourth-order valence-electron chi connectivity index (χ4n) is 3.92. The van der Waals surface area contributed by atoms with E-state index in [1.807, 2.05) is 30.3 Å². The second-order valence-corrected chi connectivity index (χ2v) is 7.71. The van der Waals surface area contributed by atoms with Gasteiger partial charge in [0.1, 0.15) is 0 Å². The molecule has 2 aliphatic heterocycles. The number of aromatic nitrogens is 2. The third-order valence-electron chi connectivity index (χ3n) is 5.63. The maximum Gasteiger partial charge on any atom is 0.247 e. The van der Waals surface area contributed by atoms with Crippen molar-refractivity contribution in [1.29, 1.82) is 0 Å². The molecule has 0 bridgehead atoms. The summed E-state index contributed by atoms with van der Waals surface area (Å²) in [7, 11) is 0. The standard InChI is InChI=1S/C21H29N5O2/c27-20(26-10-6-1-2-7-11-26)17-25-14-12-24(13-15-25)16-19-22-23-21(28-19)18-8-4-3-5-9-18/h3-5,8-9H,1-2,6-7,10-17H2. The number of benzene rings is 1. The minimum atomic E-state index is 0.291. The van der Waals surface area contributed by atoms with Gasteiger partial charge in [0.15, 0.2) is 0 Å².